The Morgan fingerprint density at radius 3 is 2.30 bits per heavy atom. The predicted octanol–water partition coefficient (Wildman–Crippen LogP) is 1.29. The second kappa shape index (κ2) is 7.59. The van der Waals surface area contributed by atoms with Crippen molar-refractivity contribution in [3.8, 4) is 0 Å². The van der Waals surface area contributed by atoms with Crippen LogP contribution in [0.2, 0.25) is 0 Å². The molecule has 1 heterocycles. The average molecular weight is 318 g/mol. The molecule has 1 unspecified atom stereocenters. The van der Waals surface area contributed by atoms with Crippen LogP contribution in [-0.4, -0.2) is 59.0 Å². The average Bonchev–Trinajstić information content (AvgIpc) is 2.53. The molecule has 1 atom stereocenters. The first-order valence-corrected chi connectivity index (χ1v) is 8.19. The zero-order valence-corrected chi connectivity index (χ0v) is 14.2. The van der Waals surface area contributed by atoms with Crippen LogP contribution in [0, 0.1) is 13.8 Å². The fourth-order valence-electron chi connectivity index (χ4n) is 2.97. The Kier molecular flexibility index (Phi) is 5.77. The smallest absolute Gasteiger partial charge is 0.251 e. The summed E-state index contributed by atoms with van der Waals surface area (Å²) in [5.41, 5.74) is 3.67. The van der Waals surface area contributed by atoms with Gasteiger partial charge in [0.05, 0.1) is 0 Å². The van der Waals surface area contributed by atoms with Gasteiger partial charge in [-0.15, -0.1) is 0 Å². The van der Waals surface area contributed by atoms with Crippen LogP contribution in [-0.2, 0) is 16.0 Å². The molecule has 1 aliphatic heterocycles. The molecule has 0 aliphatic carbocycles. The summed E-state index contributed by atoms with van der Waals surface area (Å²) in [5.74, 6) is -0.124. The molecule has 0 aromatic heterocycles. The second-order valence-electron chi connectivity index (χ2n) is 6.31. The molecule has 1 aromatic rings. The number of hydrogen-bond acceptors (Lipinski definition) is 3. The van der Waals surface area contributed by atoms with E-state index in [9.17, 15) is 14.7 Å². The molecule has 1 saturated heterocycles. The highest BCUT2D eigenvalue weighted by Crippen LogP contribution is 2.14. The normalized spacial score (nSPS) is 16.3. The van der Waals surface area contributed by atoms with E-state index in [1.54, 1.807) is 4.90 Å². The molecular weight excluding hydrogens is 292 g/mol. The summed E-state index contributed by atoms with van der Waals surface area (Å²) < 4.78 is 0. The summed E-state index contributed by atoms with van der Waals surface area (Å²) in [4.78, 5) is 27.5. The van der Waals surface area contributed by atoms with Crippen LogP contribution in [0.1, 0.15) is 30.0 Å². The van der Waals surface area contributed by atoms with Crippen LogP contribution in [0.15, 0.2) is 18.2 Å². The lowest BCUT2D eigenvalue weighted by Gasteiger charge is -2.35. The summed E-state index contributed by atoms with van der Waals surface area (Å²) in [7, 11) is 0. The standard InChI is InChI=1S/C18H26N2O3/c1-13-4-5-16(14(2)12-13)6-7-17(22)19-8-10-20(11-9-19)18(23)15(3)21/h4-5,12,15,21H,6-11H2,1-3H3. The quantitative estimate of drug-likeness (QED) is 0.910. The van der Waals surface area contributed by atoms with E-state index in [-0.39, 0.29) is 11.8 Å². The Balaban J connectivity index is 1.82. The van der Waals surface area contributed by atoms with Crippen molar-refractivity contribution in [3.63, 3.8) is 0 Å². The Hall–Kier alpha value is -1.88. The van der Waals surface area contributed by atoms with Crippen LogP contribution in [0.3, 0.4) is 0 Å². The maximum absolute atomic E-state index is 12.3. The van der Waals surface area contributed by atoms with Crippen molar-refractivity contribution in [1.29, 1.82) is 0 Å². The van der Waals surface area contributed by atoms with Gasteiger partial charge in [0.15, 0.2) is 0 Å². The van der Waals surface area contributed by atoms with E-state index in [1.165, 1.54) is 23.6 Å². The van der Waals surface area contributed by atoms with Crippen molar-refractivity contribution in [2.75, 3.05) is 26.2 Å². The number of carbonyl (C=O) groups excluding carboxylic acids is 2. The molecule has 1 aromatic carbocycles. The van der Waals surface area contributed by atoms with Crippen LogP contribution >= 0.6 is 0 Å². The summed E-state index contributed by atoms with van der Waals surface area (Å²) >= 11 is 0. The number of aryl methyl sites for hydroxylation is 3. The zero-order valence-electron chi connectivity index (χ0n) is 14.2. The highest BCUT2D eigenvalue weighted by atomic mass is 16.3. The number of aliphatic hydroxyl groups is 1. The van der Waals surface area contributed by atoms with Crippen molar-refractivity contribution in [1.82, 2.24) is 9.80 Å². The van der Waals surface area contributed by atoms with Crippen molar-refractivity contribution in [2.24, 2.45) is 0 Å². The van der Waals surface area contributed by atoms with Crippen LogP contribution in [0.5, 0.6) is 0 Å². The van der Waals surface area contributed by atoms with Gasteiger partial charge in [-0.2, -0.15) is 0 Å². The van der Waals surface area contributed by atoms with Crippen molar-refractivity contribution in [3.05, 3.63) is 34.9 Å². The van der Waals surface area contributed by atoms with Crippen molar-refractivity contribution in [2.45, 2.75) is 39.7 Å². The van der Waals surface area contributed by atoms with Gasteiger partial charge in [0.1, 0.15) is 6.10 Å². The minimum Gasteiger partial charge on any atom is -0.384 e. The highest BCUT2D eigenvalue weighted by molar-refractivity contribution is 5.81. The minimum atomic E-state index is -0.971. The lowest BCUT2D eigenvalue weighted by Crippen LogP contribution is -2.52. The molecule has 1 fully saturated rings. The van der Waals surface area contributed by atoms with Gasteiger partial charge < -0.3 is 14.9 Å². The molecule has 5 nitrogen and oxygen atoms in total. The van der Waals surface area contributed by atoms with Gasteiger partial charge in [-0.25, -0.2) is 0 Å². The summed E-state index contributed by atoms with van der Waals surface area (Å²) in [6.45, 7) is 7.71. The molecular formula is C18H26N2O3. The summed E-state index contributed by atoms with van der Waals surface area (Å²) in [6, 6.07) is 6.31. The third-order valence-electron chi connectivity index (χ3n) is 4.41. The monoisotopic (exact) mass is 318 g/mol. The van der Waals surface area contributed by atoms with Crippen LogP contribution < -0.4 is 0 Å². The predicted molar refractivity (Wildman–Crippen MR) is 89.1 cm³/mol. The number of amides is 2. The molecule has 126 valence electrons. The molecule has 23 heavy (non-hydrogen) atoms. The molecule has 0 bridgehead atoms. The number of carbonyl (C=O) groups is 2. The second-order valence-corrected chi connectivity index (χ2v) is 6.31. The largest absolute Gasteiger partial charge is 0.384 e. The third kappa shape index (κ3) is 4.55. The fraction of sp³-hybridized carbons (Fsp3) is 0.556. The van der Waals surface area contributed by atoms with E-state index < -0.39 is 6.10 Å². The molecule has 1 N–H and O–H groups in total. The van der Waals surface area contributed by atoms with Crippen LogP contribution in [0.25, 0.3) is 0 Å². The summed E-state index contributed by atoms with van der Waals surface area (Å²) in [6.07, 6.45) is 0.271. The number of nitrogens with zero attached hydrogens (tertiary/aromatic N) is 2. The molecule has 0 spiro atoms. The first-order valence-electron chi connectivity index (χ1n) is 8.19. The first kappa shape index (κ1) is 17.5. The lowest BCUT2D eigenvalue weighted by atomic mass is 10.0. The molecule has 2 amide bonds. The maximum atomic E-state index is 12.3. The molecule has 0 radical (unpaired) electrons. The third-order valence-corrected chi connectivity index (χ3v) is 4.41. The maximum Gasteiger partial charge on any atom is 0.251 e. The van der Waals surface area contributed by atoms with E-state index in [2.05, 4.69) is 32.0 Å². The number of hydrogen-bond donors (Lipinski definition) is 1. The van der Waals surface area contributed by atoms with E-state index >= 15 is 0 Å². The zero-order chi connectivity index (χ0) is 17.0. The fourth-order valence-corrected chi connectivity index (χ4v) is 2.97. The van der Waals surface area contributed by atoms with Gasteiger partial charge in [-0.1, -0.05) is 23.8 Å². The molecule has 1 aliphatic rings. The minimum absolute atomic E-state index is 0.133. The molecule has 5 heteroatoms. The van der Waals surface area contributed by atoms with E-state index in [1.807, 2.05) is 4.90 Å². The Bertz CT molecular complexity index is 576. The van der Waals surface area contributed by atoms with E-state index in [0.29, 0.717) is 32.6 Å². The SMILES string of the molecule is Cc1ccc(CCC(=O)N2CCN(C(=O)C(C)O)CC2)c(C)c1. The highest BCUT2D eigenvalue weighted by Gasteiger charge is 2.25. The Morgan fingerprint density at radius 2 is 1.74 bits per heavy atom. The number of rotatable bonds is 4. The number of piperazine rings is 1. The molecule has 2 rings (SSSR count). The van der Waals surface area contributed by atoms with Gasteiger partial charge in [0, 0.05) is 32.6 Å². The van der Waals surface area contributed by atoms with Crippen molar-refractivity contribution < 1.29 is 14.7 Å². The lowest BCUT2D eigenvalue weighted by molar-refractivity contribution is -0.144. The Labute approximate surface area is 137 Å². The number of aliphatic hydroxyl groups excluding tert-OH is 1. The van der Waals surface area contributed by atoms with Gasteiger partial charge in [0.25, 0.3) is 5.91 Å². The van der Waals surface area contributed by atoms with Crippen LogP contribution in [0.4, 0.5) is 0 Å². The van der Waals surface area contributed by atoms with Gasteiger partial charge >= 0.3 is 0 Å². The number of benzene rings is 1. The van der Waals surface area contributed by atoms with E-state index in [0.717, 1.165) is 6.42 Å². The van der Waals surface area contributed by atoms with Gasteiger partial charge in [0.2, 0.25) is 5.91 Å². The molecule has 0 saturated carbocycles. The summed E-state index contributed by atoms with van der Waals surface area (Å²) in [5, 5.41) is 9.33. The Morgan fingerprint density at radius 1 is 1.13 bits per heavy atom. The van der Waals surface area contributed by atoms with E-state index in [4.69, 9.17) is 0 Å². The topological polar surface area (TPSA) is 60.9 Å². The van der Waals surface area contributed by atoms with Crippen molar-refractivity contribution >= 4 is 11.8 Å². The van der Waals surface area contributed by atoms with Gasteiger partial charge in [-0.3, -0.25) is 9.59 Å². The first-order chi connectivity index (χ1) is 10.9. The van der Waals surface area contributed by atoms with Gasteiger partial charge in [-0.05, 0) is 38.3 Å².